The monoisotopic (exact) mass is 334 g/mol. The average molecular weight is 334 g/mol. The number of hydrogen-bond acceptors (Lipinski definition) is 3. The summed E-state index contributed by atoms with van der Waals surface area (Å²) in [5.41, 5.74) is 0. The van der Waals surface area contributed by atoms with E-state index in [4.69, 9.17) is 5.11 Å². The molecule has 24 heavy (non-hydrogen) atoms. The topological polar surface area (TPSA) is 71.4 Å². The van der Waals surface area contributed by atoms with Crippen molar-refractivity contribution < 1.29 is 19.5 Å². The van der Waals surface area contributed by atoms with E-state index in [2.05, 4.69) is 6.92 Å². The van der Waals surface area contributed by atoms with E-state index in [-0.39, 0.29) is 29.8 Å². The quantitative estimate of drug-likeness (QED) is 0.324. The summed E-state index contributed by atoms with van der Waals surface area (Å²) in [6, 6.07) is 0. The summed E-state index contributed by atoms with van der Waals surface area (Å²) in [5, 5.41) is 8.58. The molecular formula is C20H30O4. The molecule has 2 unspecified atom stereocenters. The Bertz CT molecular complexity index is 476. The molecule has 0 bridgehead atoms. The summed E-state index contributed by atoms with van der Waals surface area (Å²) in [7, 11) is 0. The van der Waals surface area contributed by atoms with E-state index < -0.39 is 5.97 Å². The molecular weight excluding hydrogens is 304 g/mol. The van der Waals surface area contributed by atoms with E-state index in [9.17, 15) is 14.4 Å². The molecule has 0 spiro atoms. The second-order valence-corrected chi connectivity index (χ2v) is 6.55. The number of carbonyl (C=O) groups excluding carboxylic acids is 2. The summed E-state index contributed by atoms with van der Waals surface area (Å²) in [5.74, 6) is -0.205. The minimum Gasteiger partial charge on any atom is -0.481 e. The summed E-state index contributed by atoms with van der Waals surface area (Å²) < 4.78 is 0. The third-order valence-corrected chi connectivity index (χ3v) is 4.53. The van der Waals surface area contributed by atoms with Gasteiger partial charge in [0.1, 0.15) is 5.78 Å². The van der Waals surface area contributed by atoms with Crippen LogP contribution in [-0.2, 0) is 14.4 Å². The SMILES string of the molecule is CCCCCC(=O)C=CC1CCC(=O)C1CC=CCCCC(=O)O. The second kappa shape index (κ2) is 11.8. The molecule has 0 aromatic rings. The van der Waals surface area contributed by atoms with Crippen LogP contribution in [0.25, 0.3) is 0 Å². The van der Waals surface area contributed by atoms with Crippen LogP contribution in [0.15, 0.2) is 24.3 Å². The molecule has 1 saturated carbocycles. The Balaban J connectivity index is 2.38. The maximum Gasteiger partial charge on any atom is 0.303 e. The van der Waals surface area contributed by atoms with Crippen molar-refractivity contribution in [2.75, 3.05) is 0 Å². The van der Waals surface area contributed by atoms with Gasteiger partial charge < -0.3 is 5.11 Å². The van der Waals surface area contributed by atoms with Gasteiger partial charge in [0.2, 0.25) is 0 Å². The first-order chi connectivity index (χ1) is 11.5. The molecule has 0 amide bonds. The number of rotatable bonds is 12. The number of aliphatic carboxylic acids is 1. The molecule has 1 rings (SSSR count). The zero-order chi connectivity index (χ0) is 17.8. The lowest BCUT2D eigenvalue weighted by atomic mass is 9.91. The zero-order valence-corrected chi connectivity index (χ0v) is 14.7. The number of Topliss-reactive ketones (excluding diaryl/α,β-unsaturated/α-hetero) is 1. The highest BCUT2D eigenvalue weighted by atomic mass is 16.4. The third kappa shape index (κ3) is 8.23. The van der Waals surface area contributed by atoms with Gasteiger partial charge in [-0.1, -0.05) is 38.0 Å². The van der Waals surface area contributed by atoms with E-state index in [1.54, 1.807) is 6.08 Å². The van der Waals surface area contributed by atoms with Gasteiger partial charge in [0.25, 0.3) is 0 Å². The van der Waals surface area contributed by atoms with Crippen molar-refractivity contribution in [2.45, 2.75) is 71.1 Å². The molecule has 0 aromatic carbocycles. The van der Waals surface area contributed by atoms with Gasteiger partial charge in [-0.05, 0) is 44.1 Å². The number of carbonyl (C=O) groups is 3. The fourth-order valence-electron chi connectivity index (χ4n) is 3.07. The van der Waals surface area contributed by atoms with Crippen molar-refractivity contribution >= 4 is 17.5 Å². The van der Waals surface area contributed by atoms with Gasteiger partial charge in [-0.3, -0.25) is 14.4 Å². The van der Waals surface area contributed by atoms with Crippen LogP contribution in [0.2, 0.25) is 0 Å². The maximum atomic E-state index is 12.0. The number of carboxylic acids is 1. The van der Waals surface area contributed by atoms with Crippen molar-refractivity contribution in [3.05, 3.63) is 24.3 Å². The van der Waals surface area contributed by atoms with Gasteiger partial charge in [0, 0.05) is 25.2 Å². The van der Waals surface area contributed by atoms with Gasteiger partial charge >= 0.3 is 5.97 Å². The molecule has 0 aromatic heterocycles. The third-order valence-electron chi connectivity index (χ3n) is 4.53. The highest BCUT2D eigenvalue weighted by Crippen LogP contribution is 2.32. The van der Waals surface area contributed by atoms with Crippen LogP contribution in [-0.4, -0.2) is 22.6 Å². The van der Waals surface area contributed by atoms with Gasteiger partial charge in [-0.2, -0.15) is 0 Å². The Hall–Kier alpha value is -1.71. The molecule has 0 radical (unpaired) electrons. The molecule has 0 aliphatic heterocycles. The molecule has 1 fully saturated rings. The minimum atomic E-state index is -0.775. The predicted octanol–water partition coefficient (Wildman–Crippen LogP) is 4.49. The Morgan fingerprint density at radius 1 is 1.17 bits per heavy atom. The van der Waals surface area contributed by atoms with E-state index in [1.165, 1.54) is 0 Å². The Labute approximate surface area is 145 Å². The predicted molar refractivity (Wildman–Crippen MR) is 94.8 cm³/mol. The fourth-order valence-corrected chi connectivity index (χ4v) is 3.07. The van der Waals surface area contributed by atoms with Crippen molar-refractivity contribution in [1.29, 1.82) is 0 Å². The van der Waals surface area contributed by atoms with Crippen LogP contribution in [0.5, 0.6) is 0 Å². The molecule has 4 nitrogen and oxygen atoms in total. The van der Waals surface area contributed by atoms with Gasteiger partial charge in [0.05, 0.1) is 0 Å². The van der Waals surface area contributed by atoms with E-state index in [1.807, 2.05) is 18.2 Å². The minimum absolute atomic E-state index is 0.0274. The Morgan fingerprint density at radius 2 is 1.96 bits per heavy atom. The molecule has 1 aliphatic rings. The van der Waals surface area contributed by atoms with Gasteiger partial charge in [-0.15, -0.1) is 0 Å². The maximum absolute atomic E-state index is 12.0. The number of hydrogen-bond donors (Lipinski definition) is 1. The lowest BCUT2D eigenvalue weighted by Gasteiger charge is -2.12. The summed E-state index contributed by atoms with van der Waals surface area (Å²) >= 11 is 0. The van der Waals surface area contributed by atoms with Crippen LogP contribution in [0, 0.1) is 11.8 Å². The van der Waals surface area contributed by atoms with E-state index >= 15 is 0 Å². The van der Waals surface area contributed by atoms with Crippen LogP contribution in [0.1, 0.15) is 71.1 Å². The van der Waals surface area contributed by atoms with Crippen LogP contribution in [0.3, 0.4) is 0 Å². The smallest absolute Gasteiger partial charge is 0.303 e. The highest BCUT2D eigenvalue weighted by molar-refractivity contribution is 5.90. The van der Waals surface area contributed by atoms with Crippen molar-refractivity contribution in [3.63, 3.8) is 0 Å². The van der Waals surface area contributed by atoms with Crippen LogP contribution in [0.4, 0.5) is 0 Å². The standard InChI is InChI=1S/C20H30O4/c1-2-3-6-9-17(21)14-12-16-13-15-19(22)18(16)10-7-4-5-8-11-20(23)24/h4,7,12,14,16,18H,2-3,5-6,8-11,13,15H2,1H3,(H,23,24). The Morgan fingerprint density at radius 3 is 2.67 bits per heavy atom. The number of ketones is 2. The van der Waals surface area contributed by atoms with Gasteiger partial charge in [-0.25, -0.2) is 0 Å². The normalized spacial score (nSPS) is 21.1. The molecule has 4 heteroatoms. The highest BCUT2D eigenvalue weighted by Gasteiger charge is 2.31. The first-order valence-electron chi connectivity index (χ1n) is 9.15. The number of unbranched alkanes of at least 4 members (excludes halogenated alkanes) is 3. The fraction of sp³-hybridized carbons (Fsp3) is 0.650. The zero-order valence-electron chi connectivity index (χ0n) is 14.7. The van der Waals surface area contributed by atoms with Crippen LogP contribution >= 0.6 is 0 Å². The van der Waals surface area contributed by atoms with Crippen LogP contribution < -0.4 is 0 Å². The summed E-state index contributed by atoms with van der Waals surface area (Å²) in [4.78, 5) is 34.3. The molecule has 1 aliphatic carbocycles. The first-order valence-corrected chi connectivity index (χ1v) is 9.15. The molecule has 134 valence electrons. The Kier molecular flexibility index (Phi) is 9.97. The molecule has 0 saturated heterocycles. The molecule has 0 heterocycles. The average Bonchev–Trinajstić information content (AvgIpc) is 2.89. The second-order valence-electron chi connectivity index (χ2n) is 6.55. The molecule has 1 N–H and O–H groups in total. The van der Waals surface area contributed by atoms with Crippen molar-refractivity contribution in [2.24, 2.45) is 11.8 Å². The van der Waals surface area contributed by atoms with Gasteiger partial charge in [0.15, 0.2) is 5.78 Å². The number of allylic oxidation sites excluding steroid dienone is 4. The summed E-state index contributed by atoms with van der Waals surface area (Å²) in [6.45, 7) is 2.12. The lowest BCUT2D eigenvalue weighted by molar-refractivity contribution is -0.137. The van der Waals surface area contributed by atoms with E-state index in [0.29, 0.717) is 25.7 Å². The van der Waals surface area contributed by atoms with E-state index in [0.717, 1.165) is 32.1 Å². The number of carboxylic acid groups (broad SMARTS) is 1. The van der Waals surface area contributed by atoms with Crippen molar-refractivity contribution in [1.82, 2.24) is 0 Å². The largest absolute Gasteiger partial charge is 0.481 e. The molecule has 2 atom stereocenters. The summed E-state index contributed by atoms with van der Waals surface area (Å²) in [6.07, 6.45) is 14.9. The first kappa shape index (κ1) is 20.3. The lowest BCUT2D eigenvalue weighted by Crippen LogP contribution is -2.12. The van der Waals surface area contributed by atoms with Crippen molar-refractivity contribution in [3.8, 4) is 0 Å².